The molecule has 0 amide bonds. The molecule has 1 aliphatic heterocycles. The van der Waals surface area contributed by atoms with Gasteiger partial charge in [-0.2, -0.15) is 0 Å². The summed E-state index contributed by atoms with van der Waals surface area (Å²) >= 11 is 0. The maximum Gasteiger partial charge on any atom is 0.219 e. The zero-order valence-corrected chi connectivity index (χ0v) is 13.3. The van der Waals surface area contributed by atoms with Crippen LogP contribution in [0.5, 0.6) is 5.75 Å². The zero-order valence-electron chi connectivity index (χ0n) is 13.3. The maximum absolute atomic E-state index is 9.41. The fourth-order valence-electron chi connectivity index (χ4n) is 2.20. The summed E-state index contributed by atoms with van der Waals surface area (Å²) in [6.07, 6.45) is -2.96. The second-order valence-corrected chi connectivity index (χ2v) is 5.48. The van der Waals surface area contributed by atoms with Crippen LogP contribution in [0.25, 0.3) is 0 Å². The fraction of sp³-hybridized carbons (Fsp3) is 0.643. The number of H-pyrrole nitrogens is 1. The molecular weight excluding hydrogens is 324 g/mol. The van der Waals surface area contributed by atoms with Gasteiger partial charge < -0.3 is 46.2 Å². The van der Waals surface area contributed by atoms with E-state index in [1.54, 1.807) is 13.1 Å². The van der Waals surface area contributed by atoms with Crippen molar-refractivity contribution >= 4 is 0 Å². The van der Waals surface area contributed by atoms with Gasteiger partial charge in [-0.15, -0.1) is 0 Å². The highest BCUT2D eigenvalue weighted by atomic mass is 16.6. The molecule has 0 spiro atoms. The molecule has 0 aromatic carbocycles. The average molecular weight is 350 g/mol. The van der Waals surface area contributed by atoms with Crippen molar-refractivity contribution < 1.29 is 51.2 Å². The molecular formula is C14H26N2O8+2. The summed E-state index contributed by atoms with van der Waals surface area (Å²) in [7, 11) is 0. The molecule has 1 saturated heterocycles. The molecule has 0 saturated carbocycles. The molecule has 1 aromatic heterocycles. The summed E-state index contributed by atoms with van der Waals surface area (Å²) in [4.78, 5) is 2.77. The number of hydrogen-bond donors (Lipinski definition) is 8. The van der Waals surface area contributed by atoms with Gasteiger partial charge in [0.25, 0.3) is 0 Å². The van der Waals surface area contributed by atoms with Crippen LogP contribution in [0.1, 0.15) is 16.8 Å². The van der Waals surface area contributed by atoms with E-state index < -0.39 is 37.3 Å². The Hall–Kier alpha value is -1.37. The number of aromatic amines is 1. The quantitative estimate of drug-likeness (QED) is 0.267. The van der Waals surface area contributed by atoms with Crippen molar-refractivity contribution in [2.24, 2.45) is 0 Å². The lowest BCUT2D eigenvalue weighted by atomic mass is 9.98. The number of quaternary nitrogens is 1. The van der Waals surface area contributed by atoms with Gasteiger partial charge in [-0.25, -0.2) is 4.98 Å². The Morgan fingerprint density at radius 3 is 2.25 bits per heavy atom. The normalized spacial score (nSPS) is 29.8. The minimum Gasteiger partial charge on any atom is -0.502 e. The molecule has 0 bridgehead atoms. The molecule has 1 aliphatic rings. The summed E-state index contributed by atoms with van der Waals surface area (Å²) in [5, 5.41) is 63.3. The van der Waals surface area contributed by atoms with Crippen molar-refractivity contribution in [2.75, 3.05) is 6.61 Å². The van der Waals surface area contributed by atoms with Gasteiger partial charge in [-0.05, 0) is 0 Å². The van der Waals surface area contributed by atoms with Crippen LogP contribution in [0.15, 0.2) is 6.20 Å². The minimum atomic E-state index is -1.24. The Labute approximate surface area is 138 Å². The van der Waals surface area contributed by atoms with Crippen molar-refractivity contribution in [2.45, 2.75) is 50.8 Å². The number of aromatic hydroxyl groups is 1. The first-order chi connectivity index (χ1) is 11.3. The highest BCUT2D eigenvalue weighted by Crippen LogP contribution is 2.21. The largest absolute Gasteiger partial charge is 0.502 e. The van der Waals surface area contributed by atoms with Crippen molar-refractivity contribution in [1.82, 2.24) is 0 Å². The highest BCUT2D eigenvalue weighted by molar-refractivity contribution is 5.37. The van der Waals surface area contributed by atoms with Gasteiger partial charge in [-0.3, -0.25) is 0 Å². The number of hydrogen-bond acceptors (Lipinski definition) is 8. The van der Waals surface area contributed by atoms with Crippen LogP contribution in [0.3, 0.4) is 0 Å². The Bertz CT molecular complexity index is 525. The van der Waals surface area contributed by atoms with Crippen LogP contribution in [-0.2, 0) is 18.0 Å². The molecule has 10 nitrogen and oxygen atoms in total. The standard InChI is InChI=1S/C8H11NO3.C6H13NO5/c1-5-8(12)7(4-11)6(3-10)2-9-5;7-3-5(10)4(9)2(1-8)12-6(3)11/h2,10-12H,3-4H2,1H3;2-6,8-11H,1,7H2/p+2/t;2-,3-,4-,5-,6?/m.1/s1. The van der Waals surface area contributed by atoms with Crippen molar-refractivity contribution in [3.63, 3.8) is 0 Å². The first-order valence-corrected chi connectivity index (χ1v) is 7.35. The van der Waals surface area contributed by atoms with Gasteiger partial charge in [0.1, 0.15) is 18.3 Å². The molecule has 5 atom stereocenters. The average Bonchev–Trinajstić information content (AvgIpc) is 2.59. The Kier molecular flexibility index (Phi) is 7.93. The number of nitrogens with one attached hydrogen (secondary N) is 1. The van der Waals surface area contributed by atoms with Crippen molar-refractivity contribution in [3.05, 3.63) is 23.0 Å². The Morgan fingerprint density at radius 1 is 1.12 bits per heavy atom. The zero-order chi connectivity index (χ0) is 18.4. The number of aryl methyl sites for hydroxylation is 1. The summed E-state index contributed by atoms with van der Waals surface area (Å²) in [6.45, 7) is 0.787. The van der Waals surface area contributed by atoms with Crippen molar-refractivity contribution in [1.29, 1.82) is 0 Å². The van der Waals surface area contributed by atoms with Gasteiger partial charge in [0, 0.05) is 12.5 Å². The van der Waals surface area contributed by atoms with Crippen LogP contribution < -0.4 is 10.7 Å². The van der Waals surface area contributed by atoms with E-state index in [-0.39, 0.29) is 19.0 Å². The van der Waals surface area contributed by atoms with E-state index in [9.17, 15) is 15.3 Å². The van der Waals surface area contributed by atoms with Crippen LogP contribution in [0, 0.1) is 6.92 Å². The van der Waals surface area contributed by atoms with Gasteiger partial charge in [0.15, 0.2) is 18.0 Å². The summed E-state index contributed by atoms with van der Waals surface area (Å²) < 4.78 is 4.76. The Morgan fingerprint density at radius 2 is 1.75 bits per heavy atom. The maximum atomic E-state index is 9.41. The van der Waals surface area contributed by atoms with Crippen LogP contribution in [0.4, 0.5) is 0 Å². The third-order valence-corrected chi connectivity index (χ3v) is 3.85. The number of aromatic nitrogens is 1. The van der Waals surface area contributed by atoms with Gasteiger partial charge in [0.05, 0.1) is 25.4 Å². The molecule has 1 aromatic rings. The summed E-state index contributed by atoms with van der Waals surface area (Å²) in [5.74, 6) is 0.0176. The molecule has 1 fully saturated rings. The summed E-state index contributed by atoms with van der Waals surface area (Å²) in [5.41, 5.74) is 4.89. The predicted molar refractivity (Wildman–Crippen MR) is 77.9 cm³/mol. The number of ether oxygens (including phenoxy) is 1. The SMILES string of the molecule is Cc1[nH+]cc(CO)c(CO)c1O.[NH3+][C@H]1C(O)O[C@H](CO)[C@@H](O)[C@@H]1O. The van der Waals surface area contributed by atoms with E-state index in [0.29, 0.717) is 16.8 Å². The lowest BCUT2D eigenvalue weighted by Crippen LogP contribution is -2.77. The highest BCUT2D eigenvalue weighted by Gasteiger charge is 2.44. The molecule has 1 unspecified atom stereocenters. The number of aliphatic hydroxyl groups is 6. The van der Waals surface area contributed by atoms with E-state index in [2.05, 4.69) is 10.7 Å². The van der Waals surface area contributed by atoms with E-state index in [1.165, 1.54) is 0 Å². The van der Waals surface area contributed by atoms with Crippen LogP contribution >= 0.6 is 0 Å². The molecule has 24 heavy (non-hydrogen) atoms. The number of rotatable bonds is 3. The van der Waals surface area contributed by atoms with Gasteiger partial charge in [-0.1, -0.05) is 0 Å². The third kappa shape index (κ3) is 4.59. The fourth-order valence-corrected chi connectivity index (χ4v) is 2.20. The first kappa shape index (κ1) is 20.7. The second-order valence-electron chi connectivity index (χ2n) is 5.48. The second kappa shape index (κ2) is 9.20. The number of pyridine rings is 1. The minimum absolute atomic E-state index is 0.0176. The first-order valence-electron chi connectivity index (χ1n) is 7.35. The lowest BCUT2D eigenvalue weighted by Gasteiger charge is -2.36. The molecule has 138 valence electrons. The van der Waals surface area contributed by atoms with Crippen molar-refractivity contribution in [3.8, 4) is 5.75 Å². The molecule has 0 radical (unpaired) electrons. The predicted octanol–water partition coefficient (Wildman–Crippen LogP) is -4.47. The van der Waals surface area contributed by atoms with E-state index in [4.69, 9.17) is 25.2 Å². The van der Waals surface area contributed by atoms with E-state index in [0.717, 1.165) is 0 Å². The molecule has 10 heteroatoms. The monoisotopic (exact) mass is 350 g/mol. The molecule has 2 heterocycles. The number of aliphatic hydroxyl groups excluding tert-OH is 6. The summed E-state index contributed by atoms with van der Waals surface area (Å²) in [6, 6.07) is -0.789. The van der Waals surface area contributed by atoms with Gasteiger partial charge >= 0.3 is 0 Å². The molecule has 11 N–H and O–H groups in total. The lowest BCUT2D eigenvalue weighted by molar-refractivity contribution is -0.497. The van der Waals surface area contributed by atoms with Crippen LogP contribution in [0.2, 0.25) is 0 Å². The smallest absolute Gasteiger partial charge is 0.219 e. The van der Waals surface area contributed by atoms with Gasteiger partial charge in [0.2, 0.25) is 12.0 Å². The topological polar surface area (TPSA) is 193 Å². The van der Waals surface area contributed by atoms with E-state index in [1.807, 2.05) is 0 Å². The van der Waals surface area contributed by atoms with E-state index >= 15 is 0 Å². The Balaban J connectivity index is 0.000000240. The molecule has 2 rings (SSSR count). The third-order valence-electron chi connectivity index (χ3n) is 3.85. The molecule has 0 aliphatic carbocycles. The van der Waals surface area contributed by atoms with Crippen LogP contribution in [-0.4, -0.2) is 73.0 Å².